The Labute approximate surface area is 102 Å². The summed E-state index contributed by atoms with van der Waals surface area (Å²) >= 11 is 0. The molecule has 0 N–H and O–H groups in total. The van der Waals surface area contributed by atoms with E-state index in [1.807, 2.05) is 18.5 Å². The Kier molecular flexibility index (Phi) is 5.98. The van der Waals surface area contributed by atoms with Gasteiger partial charge in [0.25, 0.3) is 0 Å². The Hall–Kier alpha value is -0.420. The molecule has 16 heavy (non-hydrogen) atoms. The number of nitrogens with zero attached hydrogens (tertiary/aromatic N) is 1. The van der Waals surface area contributed by atoms with Gasteiger partial charge in [0, 0.05) is 17.5 Å². The molecule has 0 spiro atoms. The summed E-state index contributed by atoms with van der Waals surface area (Å²) in [6.45, 7) is 4.52. The van der Waals surface area contributed by atoms with Gasteiger partial charge < -0.3 is 0 Å². The van der Waals surface area contributed by atoms with E-state index in [4.69, 9.17) is 0 Å². The van der Waals surface area contributed by atoms with Crippen molar-refractivity contribution in [3.63, 3.8) is 0 Å². The summed E-state index contributed by atoms with van der Waals surface area (Å²) in [4.78, 5) is 4.25. The SMILES string of the molecule is CCCCCC(P)(CCC)c1cccnc1. The Morgan fingerprint density at radius 1 is 1.19 bits per heavy atom. The van der Waals surface area contributed by atoms with Crippen molar-refractivity contribution >= 4 is 9.24 Å². The van der Waals surface area contributed by atoms with Crippen LogP contribution < -0.4 is 0 Å². The van der Waals surface area contributed by atoms with Crippen molar-refractivity contribution in [2.45, 2.75) is 57.5 Å². The first-order chi connectivity index (χ1) is 7.73. The van der Waals surface area contributed by atoms with Crippen LogP contribution in [0.3, 0.4) is 0 Å². The van der Waals surface area contributed by atoms with Gasteiger partial charge in [0.2, 0.25) is 0 Å². The molecule has 0 aromatic carbocycles. The number of aromatic nitrogens is 1. The Morgan fingerprint density at radius 2 is 2.00 bits per heavy atom. The standard InChI is InChI=1S/C14H24NP/c1-3-5-6-10-14(16,9-4-2)13-8-7-11-15-12-13/h7-8,11-12H,3-6,9-10,16H2,1-2H3. The molecule has 0 saturated carbocycles. The topological polar surface area (TPSA) is 12.9 Å². The Morgan fingerprint density at radius 3 is 2.56 bits per heavy atom. The molecule has 1 heterocycles. The molecule has 2 heteroatoms. The summed E-state index contributed by atoms with van der Waals surface area (Å²) < 4.78 is 0. The van der Waals surface area contributed by atoms with Gasteiger partial charge in [0.15, 0.2) is 0 Å². The second-order valence-corrected chi connectivity index (χ2v) is 5.71. The van der Waals surface area contributed by atoms with Crippen LogP contribution in [0, 0.1) is 0 Å². The molecular formula is C14H24NP. The van der Waals surface area contributed by atoms with E-state index in [1.54, 1.807) is 0 Å². The molecule has 1 nitrogen and oxygen atoms in total. The minimum absolute atomic E-state index is 0.248. The predicted octanol–water partition coefficient (Wildman–Crippen LogP) is 4.53. The third kappa shape index (κ3) is 3.87. The molecule has 2 unspecified atom stereocenters. The van der Waals surface area contributed by atoms with E-state index < -0.39 is 0 Å². The normalized spacial score (nSPS) is 14.7. The summed E-state index contributed by atoms with van der Waals surface area (Å²) in [6.07, 6.45) is 11.5. The number of rotatable bonds is 7. The summed E-state index contributed by atoms with van der Waals surface area (Å²) in [5.74, 6) is 0. The average Bonchev–Trinajstić information content (AvgIpc) is 2.31. The molecule has 0 radical (unpaired) electrons. The van der Waals surface area contributed by atoms with Crippen molar-refractivity contribution in [2.75, 3.05) is 0 Å². The van der Waals surface area contributed by atoms with Gasteiger partial charge in [-0.25, -0.2) is 0 Å². The van der Waals surface area contributed by atoms with Gasteiger partial charge in [-0.15, -0.1) is 9.24 Å². The van der Waals surface area contributed by atoms with Gasteiger partial charge in [-0.2, -0.15) is 0 Å². The molecule has 1 aromatic rings. The molecule has 0 saturated heterocycles. The molecule has 2 atom stereocenters. The van der Waals surface area contributed by atoms with Gasteiger partial charge >= 0.3 is 0 Å². The zero-order valence-corrected chi connectivity index (χ0v) is 11.7. The Balaban J connectivity index is 2.71. The summed E-state index contributed by atoms with van der Waals surface area (Å²) in [6, 6.07) is 4.26. The minimum atomic E-state index is 0.248. The van der Waals surface area contributed by atoms with E-state index in [-0.39, 0.29) is 5.16 Å². The summed E-state index contributed by atoms with van der Waals surface area (Å²) in [5, 5.41) is 0.248. The smallest absolute Gasteiger partial charge is 0.0308 e. The number of unbranched alkanes of at least 4 members (excludes halogenated alkanes) is 2. The Bertz CT molecular complexity index is 286. The van der Waals surface area contributed by atoms with Gasteiger partial charge in [-0.05, 0) is 24.5 Å². The van der Waals surface area contributed by atoms with E-state index in [2.05, 4.69) is 34.1 Å². The maximum absolute atomic E-state index is 4.25. The third-order valence-corrected chi connectivity index (χ3v) is 4.07. The lowest BCUT2D eigenvalue weighted by atomic mass is 9.89. The highest BCUT2D eigenvalue weighted by Crippen LogP contribution is 2.40. The van der Waals surface area contributed by atoms with Crippen LogP contribution in [0.15, 0.2) is 24.5 Å². The molecule has 90 valence electrons. The van der Waals surface area contributed by atoms with Crippen LogP contribution >= 0.6 is 9.24 Å². The van der Waals surface area contributed by atoms with Crippen LogP contribution in [-0.2, 0) is 5.16 Å². The van der Waals surface area contributed by atoms with Gasteiger partial charge in [-0.3, -0.25) is 4.98 Å². The minimum Gasteiger partial charge on any atom is -0.264 e. The van der Waals surface area contributed by atoms with Crippen molar-refractivity contribution < 1.29 is 0 Å². The highest BCUT2D eigenvalue weighted by molar-refractivity contribution is 7.18. The zero-order valence-electron chi connectivity index (χ0n) is 10.6. The third-order valence-electron chi connectivity index (χ3n) is 3.16. The number of hydrogen-bond donors (Lipinski definition) is 0. The molecule has 0 amide bonds. The second-order valence-electron chi connectivity index (χ2n) is 4.60. The lowest BCUT2D eigenvalue weighted by Gasteiger charge is -2.29. The first-order valence-electron chi connectivity index (χ1n) is 6.42. The quantitative estimate of drug-likeness (QED) is 0.501. The maximum atomic E-state index is 4.25. The predicted molar refractivity (Wildman–Crippen MR) is 74.7 cm³/mol. The molecular weight excluding hydrogens is 213 g/mol. The molecule has 0 aliphatic heterocycles. The van der Waals surface area contributed by atoms with E-state index in [0.29, 0.717) is 0 Å². The summed E-state index contributed by atoms with van der Waals surface area (Å²) in [7, 11) is 3.08. The van der Waals surface area contributed by atoms with Crippen molar-refractivity contribution in [2.24, 2.45) is 0 Å². The van der Waals surface area contributed by atoms with Crippen LogP contribution in [0.1, 0.15) is 57.9 Å². The number of pyridine rings is 1. The van der Waals surface area contributed by atoms with Crippen molar-refractivity contribution in [3.05, 3.63) is 30.1 Å². The lowest BCUT2D eigenvalue weighted by molar-refractivity contribution is 0.484. The van der Waals surface area contributed by atoms with Crippen LogP contribution in [-0.4, -0.2) is 4.98 Å². The first-order valence-corrected chi connectivity index (χ1v) is 7.00. The summed E-state index contributed by atoms with van der Waals surface area (Å²) in [5.41, 5.74) is 1.37. The van der Waals surface area contributed by atoms with Crippen LogP contribution in [0.25, 0.3) is 0 Å². The van der Waals surface area contributed by atoms with Gasteiger partial charge in [0.1, 0.15) is 0 Å². The molecule has 0 aliphatic rings. The first kappa shape index (κ1) is 13.6. The maximum Gasteiger partial charge on any atom is 0.0308 e. The zero-order chi connectivity index (χ0) is 11.9. The highest BCUT2D eigenvalue weighted by atomic mass is 31.0. The number of hydrogen-bond acceptors (Lipinski definition) is 1. The second kappa shape index (κ2) is 7.01. The van der Waals surface area contributed by atoms with Crippen LogP contribution in [0.4, 0.5) is 0 Å². The van der Waals surface area contributed by atoms with Crippen molar-refractivity contribution in [3.8, 4) is 0 Å². The fraction of sp³-hybridized carbons (Fsp3) is 0.643. The van der Waals surface area contributed by atoms with E-state index in [1.165, 1.54) is 44.1 Å². The van der Waals surface area contributed by atoms with E-state index in [0.717, 1.165) is 0 Å². The van der Waals surface area contributed by atoms with Crippen molar-refractivity contribution in [1.29, 1.82) is 0 Å². The van der Waals surface area contributed by atoms with E-state index in [9.17, 15) is 0 Å². The van der Waals surface area contributed by atoms with Crippen molar-refractivity contribution in [1.82, 2.24) is 4.98 Å². The molecule has 1 rings (SSSR count). The molecule has 0 bridgehead atoms. The van der Waals surface area contributed by atoms with E-state index >= 15 is 0 Å². The monoisotopic (exact) mass is 237 g/mol. The van der Waals surface area contributed by atoms with Gasteiger partial charge in [0.05, 0.1) is 0 Å². The molecule has 0 aliphatic carbocycles. The van der Waals surface area contributed by atoms with Crippen LogP contribution in [0.2, 0.25) is 0 Å². The lowest BCUT2D eigenvalue weighted by Crippen LogP contribution is -2.18. The molecule has 1 aromatic heterocycles. The molecule has 0 fully saturated rings. The average molecular weight is 237 g/mol. The fourth-order valence-corrected chi connectivity index (χ4v) is 2.87. The largest absolute Gasteiger partial charge is 0.264 e. The highest BCUT2D eigenvalue weighted by Gasteiger charge is 2.25. The van der Waals surface area contributed by atoms with Gasteiger partial charge in [-0.1, -0.05) is 45.6 Å². The fourth-order valence-electron chi connectivity index (χ4n) is 2.21. The van der Waals surface area contributed by atoms with Crippen LogP contribution in [0.5, 0.6) is 0 Å².